The van der Waals surface area contributed by atoms with Gasteiger partial charge in [-0.3, -0.25) is 4.79 Å². The second-order valence-corrected chi connectivity index (χ2v) is 9.49. The lowest BCUT2D eigenvalue weighted by atomic mass is 9.91. The Morgan fingerprint density at radius 1 is 0.875 bits per heavy atom. The first kappa shape index (κ1) is 26.3. The number of carbonyl (C=O) groups excluding carboxylic acids is 2. The summed E-state index contributed by atoms with van der Waals surface area (Å²) in [4.78, 5) is 27.2. The second-order valence-electron chi connectivity index (χ2n) is 9.49. The van der Waals surface area contributed by atoms with Gasteiger partial charge in [0.05, 0.1) is 11.6 Å². The Hall–Kier alpha value is -5.29. The quantitative estimate of drug-likeness (QED) is 0.258. The van der Waals surface area contributed by atoms with Crippen molar-refractivity contribution in [1.82, 2.24) is 5.32 Å². The number of amides is 3. The van der Waals surface area contributed by atoms with Crippen molar-refractivity contribution in [2.75, 3.05) is 35.7 Å². The van der Waals surface area contributed by atoms with Gasteiger partial charge in [-0.1, -0.05) is 18.2 Å². The first-order valence-corrected chi connectivity index (χ1v) is 13.0. The number of hydrogen-bond donors (Lipinski definition) is 3. The van der Waals surface area contributed by atoms with Crippen molar-refractivity contribution in [3.63, 3.8) is 0 Å². The predicted octanol–water partition coefficient (Wildman–Crippen LogP) is 6.35. The number of urea groups is 1. The highest BCUT2D eigenvalue weighted by Crippen LogP contribution is 2.33. The summed E-state index contributed by atoms with van der Waals surface area (Å²) < 4.78 is 5.79. The monoisotopic (exact) mass is 531 g/mol. The van der Waals surface area contributed by atoms with E-state index in [1.54, 1.807) is 43.4 Å². The second kappa shape index (κ2) is 12.0. The molecule has 1 saturated heterocycles. The Kier molecular flexibility index (Phi) is 7.93. The van der Waals surface area contributed by atoms with Crippen LogP contribution in [0.15, 0.2) is 97.1 Å². The molecular formula is C32H29N5O3. The average molecular weight is 532 g/mol. The molecule has 5 rings (SSSR count). The van der Waals surface area contributed by atoms with E-state index in [9.17, 15) is 14.9 Å². The number of anilines is 3. The highest BCUT2D eigenvalue weighted by molar-refractivity contribution is 6.00. The number of carbonyl (C=O) groups is 2. The average Bonchev–Trinajstić information content (AvgIpc) is 3.49. The van der Waals surface area contributed by atoms with Crippen molar-refractivity contribution in [2.45, 2.75) is 12.3 Å². The minimum atomic E-state index is -0.343. The van der Waals surface area contributed by atoms with Crippen LogP contribution in [0.2, 0.25) is 0 Å². The molecule has 8 nitrogen and oxygen atoms in total. The van der Waals surface area contributed by atoms with Gasteiger partial charge >= 0.3 is 6.03 Å². The first-order chi connectivity index (χ1) is 19.5. The lowest BCUT2D eigenvalue weighted by Crippen LogP contribution is -2.23. The van der Waals surface area contributed by atoms with E-state index in [1.165, 1.54) is 0 Å². The molecule has 1 aliphatic heterocycles. The third-order valence-corrected chi connectivity index (χ3v) is 6.86. The summed E-state index contributed by atoms with van der Waals surface area (Å²) in [6, 6.07) is 31.4. The highest BCUT2D eigenvalue weighted by atomic mass is 16.5. The third kappa shape index (κ3) is 6.22. The van der Waals surface area contributed by atoms with Gasteiger partial charge in [0.25, 0.3) is 5.91 Å². The normalized spacial score (nSPS) is 14.2. The largest absolute Gasteiger partial charge is 0.457 e. The molecule has 0 saturated carbocycles. The molecule has 1 atom stereocenters. The Morgan fingerprint density at radius 3 is 2.17 bits per heavy atom. The van der Waals surface area contributed by atoms with Crippen LogP contribution in [0.3, 0.4) is 0 Å². The summed E-state index contributed by atoms with van der Waals surface area (Å²) >= 11 is 0. The third-order valence-electron chi connectivity index (χ3n) is 6.86. The number of hydrogen-bond acceptors (Lipinski definition) is 5. The highest BCUT2D eigenvalue weighted by Gasteiger charge is 2.27. The molecule has 200 valence electrons. The van der Waals surface area contributed by atoms with Gasteiger partial charge in [-0.2, -0.15) is 5.26 Å². The standard InChI is InChI=1S/C32H29N5O3/c1-34-31(38)29-16-7-22(20-33)19-30(29)23-17-18-37(21-23)26-12-8-24(9-13-26)35-32(39)36-25-10-14-28(15-11-25)40-27-5-3-2-4-6-27/h2-16,19,23H,17-18,21H2,1H3,(H,34,38)(H2,35,36,39). The van der Waals surface area contributed by atoms with Crippen molar-refractivity contribution in [1.29, 1.82) is 5.26 Å². The van der Waals surface area contributed by atoms with Crippen LogP contribution in [-0.4, -0.2) is 32.1 Å². The maximum atomic E-state index is 12.5. The number of nitriles is 1. The smallest absolute Gasteiger partial charge is 0.323 e. The Balaban J connectivity index is 1.17. The van der Waals surface area contributed by atoms with Crippen LogP contribution in [-0.2, 0) is 0 Å². The molecule has 0 aromatic heterocycles. The molecule has 4 aromatic rings. The van der Waals surface area contributed by atoms with E-state index in [0.29, 0.717) is 28.3 Å². The van der Waals surface area contributed by atoms with Gasteiger partial charge in [0.2, 0.25) is 0 Å². The lowest BCUT2D eigenvalue weighted by Gasteiger charge is -2.20. The molecular weight excluding hydrogens is 502 g/mol. The Labute approximate surface area is 233 Å². The molecule has 3 N–H and O–H groups in total. The van der Waals surface area contributed by atoms with Crippen LogP contribution in [0.1, 0.15) is 33.8 Å². The number of benzene rings is 4. The molecule has 0 radical (unpaired) electrons. The van der Waals surface area contributed by atoms with E-state index in [2.05, 4.69) is 26.9 Å². The SMILES string of the molecule is CNC(=O)c1ccc(C#N)cc1C1CCN(c2ccc(NC(=O)Nc3ccc(Oc4ccccc4)cc3)cc2)C1. The van der Waals surface area contributed by atoms with Gasteiger partial charge in [0.15, 0.2) is 0 Å². The summed E-state index contributed by atoms with van der Waals surface area (Å²) in [7, 11) is 1.61. The van der Waals surface area contributed by atoms with Crippen LogP contribution < -0.4 is 25.6 Å². The van der Waals surface area contributed by atoms with E-state index in [-0.39, 0.29) is 17.9 Å². The molecule has 1 heterocycles. The minimum absolute atomic E-state index is 0.133. The molecule has 40 heavy (non-hydrogen) atoms. The molecule has 8 heteroatoms. The van der Waals surface area contributed by atoms with Gasteiger partial charge in [0, 0.05) is 48.7 Å². The molecule has 0 aliphatic carbocycles. The first-order valence-electron chi connectivity index (χ1n) is 13.0. The van der Waals surface area contributed by atoms with Gasteiger partial charge in [-0.15, -0.1) is 0 Å². The van der Waals surface area contributed by atoms with Gasteiger partial charge in [0.1, 0.15) is 11.5 Å². The Morgan fingerprint density at radius 2 is 1.52 bits per heavy atom. The molecule has 1 unspecified atom stereocenters. The van der Waals surface area contributed by atoms with Gasteiger partial charge in [-0.05, 0) is 90.8 Å². The summed E-state index contributed by atoms with van der Waals surface area (Å²) in [6.07, 6.45) is 0.871. The molecule has 0 bridgehead atoms. The molecule has 0 spiro atoms. The zero-order valence-corrected chi connectivity index (χ0v) is 22.1. The number of nitrogens with zero attached hydrogens (tertiary/aromatic N) is 2. The van der Waals surface area contributed by atoms with E-state index >= 15 is 0 Å². The summed E-state index contributed by atoms with van der Waals surface area (Å²) in [5, 5.41) is 17.7. The van der Waals surface area contributed by atoms with Crippen molar-refractivity contribution in [3.8, 4) is 17.6 Å². The van der Waals surface area contributed by atoms with Gasteiger partial charge < -0.3 is 25.6 Å². The van der Waals surface area contributed by atoms with Crippen LogP contribution >= 0.6 is 0 Å². The van der Waals surface area contributed by atoms with Crippen molar-refractivity contribution >= 4 is 29.0 Å². The number of para-hydroxylation sites is 1. The maximum Gasteiger partial charge on any atom is 0.323 e. The van der Waals surface area contributed by atoms with Crippen LogP contribution in [0, 0.1) is 11.3 Å². The Bertz CT molecular complexity index is 1530. The van der Waals surface area contributed by atoms with Crippen LogP contribution in [0.25, 0.3) is 0 Å². The topological polar surface area (TPSA) is 106 Å². The van der Waals surface area contributed by atoms with Crippen LogP contribution in [0.4, 0.5) is 21.9 Å². The number of ether oxygens (including phenoxy) is 1. The zero-order chi connectivity index (χ0) is 27.9. The number of nitrogens with one attached hydrogen (secondary N) is 3. The van der Waals surface area contributed by atoms with Crippen molar-refractivity contribution in [2.24, 2.45) is 0 Å². The fraction of sp³-hybridized carbons (Fsp3) is 0.156. The predicted molar refractivity (Wildman–Crippen MR) is 156 cm³/mol. The van der Waals surface area contributed by atoms with E-state index in [4.69, 9.17) is 4.74 Å². The zero-order valence-electron chi connectivity index (χ0n) is 22.1. The van der Waals surface area contributed by atoms with Crippen molar-refractivity contribution in [3.05, 3.63) is 114 Å². The number of rotatable bonds is 7. The van der Waals surface area contributed by atoms with Crippen molar-refractivity contribution < 1.29 is 14.3 Å². The molecule has 4 aromatic carbocycles. The summed E-state index contributed by atoms with van der Waals surface area (Å²) in [5.74, 6) is 1.41. The fourth-order valence-electron chi connectivity index (χ4n) is 4.84. The maximum absolute atomic E-state index is 12.5. The molecule has 3 amide bonds. The molecule has 1 fully saturated rings. The summed E-state index contributed by atoms with van der Waals surface area (Å²) in [5.41, 5.74) is 4.40. The van der Waals surface area contributed by atoms with E-state index < -0.39 is 0 Å². The van der Waals surface area contributed by atoms with E-state index in [1.807, 2.05) is 60.7 Å². The lowest BCUT2D eigenvalue weighted by molar-refractivity contribution is 0.0961. The van der Waals surface area contributed by atoms with Gasteiger partial charge in [-0.25, -0.2) is 4.79 Å². The fourth-order valence-corrected chi connectivity index (χ4v) is 4.84. The minimum Gasteiger partial charge on any atom is -0.457 e. The van der Waals surface area contributed by atoms with Crippen LogP contribution in [0.5, 0.6) is 11.5 Å². The van der Waals surface area contributed by atoms with E-state index in [0.717, 1.165) is 36.5 Å². The molecule has 1 aliphatic rings. The summed E-state index contributed by atoms with van der Waals surface area (Å²) in [6.45, 7) is 1.56.